The number of aromatic nitrogens is 1. The Hall–Kier alpha value is -2.53. The highest BCUT2D eigenvalue weighted by molar-refractivity contribution is 7.16. The van der Waals surface area contributed by atoms with E-state index in [1.165, 1.54) is 0 Å². The summed E-state index contributed by atoms with van der Waals surface area (Å²) in [5, 5.41) is 3.66. The van der Waals surface area contributed by atoms with Crippen LogP contribution in [0.15, 0.2) is 24.3 Å². The van der Waals surface area contributed by atoms with Crippen molar-refractivity contribution < 1.29 is 19.1 Å². The van der Waals surface area contributed by atoms with Gasteiger partial charge in [0.2, 0.25) is 5.91 Å². The van der Waals surface area contributed by atoms with Crippen molar-refractivity contribution in [3.05, 3.63) is 34.7 Å². The first-order valence-corrected chi connectivity index (χ1v) is 16.0. The second-order valence-electron chi connectivity index (χ2n) is 11.8. The molecule has 9 nitrogen and oxygen atoms in total. The number of amides is 2. The number of fused-ring (bicyclic) bond motifs is 1. The van der Waals surface area contributed by atoms with E-state index in [1.54, 1.807) is 28.4 Å². The van der Waals surface area contributed by atoms with Crippen molar-refractivity contribution in [2.75, 3.05) is 51.3 Å². The molecule has 4 unspecified atom stereocenters. The fraction of sp³-hybridized carbons (Fsp3) is 0.600. The Balaban J connectivity index is 1.18. The van der Waals surface area contributed by atoms with E-state index in [4.69, 9.17) is 21.3 Å². The molecule has 2 aromatic rings. The smallest absolute Gasteiger partial charge is 0.251 e. The lowest BCUT2D eigenvalue weighted by Gasteiger charge is -2.34. The first kappa shape index (κ1) is 28.6. The van der Waals surface area contributed by atoms with Crippen molar-refractivity contribution in [3.8, 4) is 11.3 Å². The number of thiazole rings is 1. The van der Waals surface area contributed by atoms with Crippen LogP contribution < -0.4 is 10.2 Å². The number of nitrogens with one attached hydrogen (secondary N) is 1. The molecule has 2 amide bonds. The number of ether oxygens (including phenoxy) is 1. The number of rotatable bonds is 6. The highest BCUT2D eigenvalue weighted by atomic mass is 35.5. The number of Topliss-reactive ketones (excluding diaryl/α,β-unsaturated/α-hetero) is 1. The summed E-state index contributed by atoms with van der Waals surface area (Å²) in [5.41, 5.74) is 2.39. The van der Waals surface area contributed by atoms with Gasteiger partial charge in [-0.05, 0) is 44.9 Å². The molecule has 0 bridgehead atoms. The maximum atomic E-state index is 13.9. The Kier molecular flexibility index (Phi) is 8.36. The number of anilines is 1. The minimum absolute atomic E-state index is 0.0233. The molecule has 4 heterocycles. The molecule has 4 fully saturated rings. The zero-order chi connectivity index (χ0) is 28.7. The minimum atomic E-state index is -0.703. The van der Waals surface area contributed by atoms with Crippen LogP contribution in [0.3, 0.4) is 0 Å². The van der Waals surface area contributed by atoms with Crippen LogP contribution in [-0.2, 0) is 14.3 Å². The predicted molar refractivity (Wildman–Crippen MR) is 160 cm³/mol. The van der Waals surface area contributed by atoms with Gasteiger partial charge in [0.05, 0.1) is 11.1 Å². The van der Waals surface area contributed by atoms with E-state index in [-0.39, 0.29) is 36.7 Å². The summed E-state index contributed by atoms with van der Waals surface area (Å²) < 4.78 is 5.58. The Morgan fingerprint density at radius 1 is 1.10 bits per heavy atom. The second-order valence-corrected chi connectivity index (χ2v) is 13.6. The zero-order valence-electron chi connectivity index (χ0n) is 23.7. The van der Waals surface area contributed by atoms with E-state index in [2.05, 4.69) is 29.1 Å². The summed E-state index contributed by atoms with van der Waals surface area (Å²) >= 11 is 8.18. The van der Waals surface area contributed by atoms with Gasteiger partial charge in [0.1, 0.15) is 24.8 Å². The van der Waals surface area contributed by atoms with E-state index < -0.39 is 23.6 Å². The molecule has 1 aromatic carbocycles. The number of hydrogen-bond acceptors (Lipinski definition) is 8. The number of likely N-dealkylation sites (tertiary alicyclic amines) is 1. The average Bonchev–Trinajstić information content (AvgIpc) is 3.67. The number of benzene rings is 1. The van der Waals surface area contributed by atoms with E-state index in [0.717, 1.165) is 79.5 Å². The number of alkyl halides is 1. The largest absolute Gasteiger partial charge is 0.366 e. The van der Waals surface area contributed by atoms with Crippen LogP contribution in [0.2, 0.25) is 0 Å². The highest BCUT2D eigenvalue weighted by Gasteiger charge is 2.53. The summed E-state index contributed by atoms with van der Waals surface area (Å²) in [6.07, 6.45) is 4.43. The second kappa shape index (κ2) is 12.0. The quantitative estimate of drug-likeness (QED) is 0.509. The van der Waals surface area contributed by atoms with Gasteiger partial charge in [0.25, 0.3) is 5.91 Å². The third-order valence-corrected chi connectivity index (χ3v) is 10.5. The molecule has 41 heavy (non-hydrogen) atoms. The van der Waals surface area contributed by atoms with Crippen LogP contribution in [-0.4, -0.2) is 102 Å². The maximum absolute atomic E-state index is 13.9. The summed E-state index contributed by atoms with van der Waals surface area (Å²) in [4.78, 5) is 52.3. The van der Waals surface area contributed by atoms with Crippen molar-refractivity contribution in [1.82, 2.24) is 20.1 Å². The molecule has 0 spiro atoms. The lowest BCUT2D eigenvalue weighted by atomic mass is 9.83. The monoisotopic (exact) mass is 599 g/mol. The molecule has 6 rings (SSSR count). The number of piperazine rings is 1. The molecule has 1 N–H and O–H groups in total. The van der Waals surface area contributed by atoms with Crippen molar-refractivity contribution in [1.29, 1.82) is 0 Å². The molecule has 11 heteroatoms. The number of likely N-dealkylation sites (N-methyl/N-ethyl adjacent to an activating group) is 1. The van der Waals surface area contributed by atoms with E-state index in [1.807, 2.05) is 12.1 Å². The normalized spacial score (nSPS) is 26.3. The van der Waals surface area contributed by atoms with Crippen LogP contribution >= 0.6 is 22.9 Å². The summed E-state index contributed by atoms with van der Waals surface area (Å²) in [6, 6.07) is 6.10. The zero-order valence-corrected chi connectivity index (χ0v) is 25.3. The van der Waals surface area contributed by atoms with Gasteiger partial charge in [-0.2, -0.15) is 0 Å². The number of carbonyl (C=O) groups is 3. The average molecular weight is 600 g/mol. The van der Waals surface area contributed by atoms with Gasteiger partial charge in [-0.25, -0.2) is 4.98 Å². The number of aryl methyl sites for hydroxylation is 1. The van der Waals surface area contributed by atoms with Crippen LogP contribution in [0.4, 0.5) is 5.13 Å². The van der Waals surface area contributed by atoms with E-state index in [0.29, 0.717) is 5.56 Å². The fourth-order valence-electron chi connectivity index (χ4n) is 6.64. The van der Waals surface area contributed by atoms with E-state index >= 15 is 0 Å². The van der Waals surface area contributed by atoms with Crippen molar-refractivity contribution >= 4 is 45.7 Å². The molecular formula is C30H38ClN5O4S. The summed E-state index contributed by atoms with van der Waals surface area (Å²) in [6.45, 7) is 6.29. The molecule has 4 atom stereocenters. The fourth-order valence-corrected chi connectivity index (χ4v) is 7.98. The van der Waals surface area contributed by atoms with Gasteiger partial charge in [-0.15, -0.1) is 22.9 Å². The lowest BCUT2D eigenvalue weighted by Crippen LogP contribution is -2.55. The summed E-state index contributed by atoms with van der Waals surface area (Å²) in [5.74, 6) is -0.617. The number of nitrogens with zero attached hydrogens (tertiary/aromatic N) is 4. The molecule has 1 saturated carbocycles. The van der Waals surface area contributed by atoms with Crippen molar-refractivity contribution in [3.63, 3.8) is 0 Å². The number of carbonyl (C=O) groups excluding carboxylic acids is 3. The first-order chi connectivity index (χ1) is 19.8. The van der Waals surface area contributed by atoms with Gasteiger partial charge in [-0.1, -0.05) is 31.4 Å². The van der Waals surface area contributed by atoms with Crippen molar-refractivity contribution in [2.45, 2.75) is 62.6 Å². The molecule has 1 aliphatic carbocycles. The minimum Gasteiger partial charge on any atom is -0.366 e. The molecule has 0 radical (unpaired) electrons. The topological polar surface area (TPSA) is 95.1 Å². The van der Waals surface area contributed by atoms with Gasteiger partial charge in [0, 0.05) is 48.7 Å². The Morgan fingerprint density at radius 2 is 1.80 bits per heavy atom. The first-order valence-electron chi connectivity index (χ1n) is 14.7. The molecular weight excluding hydrogens is 562 g/mol. The maximum Gasteiger partial charge on any atom is 0.251 e. The van der Waals surface area contributed by atoms with Gasteiger partial charge < -0.3 is 24.8 Å². The van der Waals surface area contributed by atoms with Gasteiger partial charge in [0.15, 0.2) is 10.9 Å². The standard InChI is InChI=1S/C30H38ClN5O4S/c1-18-24(33-30(41-18)35-14-12-34(2)13-15-35)20-8-10-21(11-9-20)28(38)32-25(19-6-4-3-5-7-19)29(39)36-16-22(31)27-26(36)23(37)17-40-27/h8-11,19,22,25-27H,3-7,12-17H2,1-2H3,(H,32,38). The molecule has 3 saturated heterocycles. The SMILES string of the molecule is Cc1sc(N2CCN(C)CC2)nc1-c1ccc(C(=O)NC(C(=O)N2CC(Cl)C3OCC(=O)C32)C2CCCCC2)cc1. The Morgan fingerprint density at radius 3 is 2.51 bits per heavy atom. The molecule has 3 aliphatic heterocycles. The number of ketones is 1. The molecule has 4 aliphatic rings. The van der Waals surface area contributed by atoms with Gasteiger partial charge >= 0.3 is 0 Å². The Bertz CT molecular complexity index is 1290. The number of halogens is 1. The lowest BCUT2D eigenvalue weighted by molar-refractivity contribution is -0.139. The third kappa shape index (κ3) is 5.76. The highest BCUT2D eigenvalue weighted by Crippen LogP contribution is 2.35. The van der Waals surface area contributed by atoms with Crippen LogP contribution in [0, 0.1) is 12.8 Å². The Labute approximate surface area is 250 Å². The van der Waals surface area contributed by atoms with Crippen LogP contribution in [0.5, 0.6) is 0 Å². The third-order valence-electron chi connectivity index (χ3n) is 9.06. The van der Waals surface area contributed by atoms with E-state index in [9.17, 15) is 14.4 Å². The summed E-state index contributed by atoms with van der Waals surface area (Å²) in [7, 11) is 2.14. The molecule has 1 aromatic heterocycles. The number of hydrogen-bond donors (Lipinski definition) is 1. The van der Waals surface area contributed by atoms with Gasteiger partial charge in [-0.3, -0.25) is 14.4 Å². The molecule has 220 valence electrons. The van der Waals surface area contributed by atoms with Crippen LogP contribution in [0.1, 0.15) is 47.3 Å². The van der Waals surface area contributed by atoms with Crippen molar-refractivity contribution in [2.24, 2.45) is 5.92 Å². The van der Waals surface area contributed by atoms with Crippen LogP contribution in [0.25, 0.3) is 11.3 Å². The predicted octanol–water partition coefficient (Wildman–Crippen LogP) is 3.34.